The molecule has 0 atom stereocenters. The minimum Gasteiger partial charge on any atom is -0.399 e. The van der Waals surface area contributed by atoms with Crippen LogP contribution in [0, 0.1) is 0 Å². The number of anilines is 1. The van der Waals surface area contributed by atoms with E-state index in [2.05, 4.69) is 10.3 Å². The summed E-state index contributed by atoms with van der Waals surface area (Å²) in [5.41, 5.74) is 8.73. The molecule has 0 spiro atoms. The molecule has 0 saturated heterocycles. The molecule has 3 N–H and O–H groups in total. The van der Waals surface area contributed by atoms with Crippen molar-refractivity contribution in [3.05, 3.63) is 71.9 Å². The summed E-state index contributed by atoms with van der Waals surface area (Å²) >= 11 is 0. The largest absolute Gasteiger partial charge is 0.399 e. The lowest BCUT2D eigenvalue weighted by atomic mass is 10.1. The quantitative estimate of drug-likeness (QED) is 0.723. The summed E-state index contributed by atoms with van der Waals surface area (Å²) in [6.45, 7) is 0.436. The number of carbonyl (C=O) groups excluding carboxylic acids is 1. The predicted octanol–water partition coefficient (Wildman–Crippen LogP) is 2.75. The molecule has 104 valence electrons. The lowest BCUT2D eigenvalue weighted by Gasteiger charge is -2.06. The molecule has 0 fully saturated rings. The molecule has 1 aromatic heterocycles. The molecule has 0 unspecified atom stereocenters. The van der Waals surface area contributed by atoms with E-state index >= 15 is 0 Å². The molecule has 0 aliphatic carbocycles. The number of para-hydroxylation sites is 1. The normalized spacial score (nSPS) is 10.5. The van der Waals surface area contributed by atoms with Crippen molar-refractivity contribution in [3.63, 3.8) is 0 Å². The minimum absolute atomic E-state index is 0.143. The van der Waals surface area contributed by atoms with Crippen molar-refractivity contribution >= 4 is 22.5 Å². The Morgan fingerprint density at radius 3 is 2.81 bits per heavy atom. The van der Waals surface area contributed by atoms with Crippen LogP contribution in [0.2, 0.25) is 0 Å². The van der Waals surface area contributed by atoms with Crippen LogP contribution in [0.5, 0.6) is 0 Å². The van der Waals surface area contributed by atoms with Gasteiger partial charge in [0.05, 0.1) is 5.52 Å². The van der Waals surface area contributed by atoms with Crippen LogP contribution >= 0.6 is 0 Å². The fourth-order valence-corrected chi connectivity index (χ4v) is 2.18. The maximum atomic E-state index is 12.0. The highest BCUT2D eigenvalue weighted by Gasteiger charge is 2.05. The second-order valence-corrected chi connectivity index (χ2v) is 4.84. The summed E-state index contributed by atoms with van der Waals surface area (Å²) in [7, 11) is 0. The van der Waals surface area contributed by atoms with Crippen molar-refractivity contribution in [1.29, 1.82) is 0 Å². The fraction of sp³-hybridized carbons (Fsp3) is 0.0588. The van der Waals surface area contributed by atoms with E-state index in [1.54, 1.807) is 30.5 Å². The van der Waals surface area contributed by atoms with Crippen LogP contribution in [0.15, 0.2) is 60.8 Å². The summed E-state index contributed by atoms with van der Waals surface area (Å²) in [5, 5.41) is 3.94. The minimum atomic E-state index is -0.143. The number of nitrogens with two attached hydrogens (primary N) is 1. The molecular formula is C17H15N3O. The Bertz CT molecular complexity index is 799. The number of benzene rings is 2. The molecule has 0 bridgehead atoms. The first kappa shape index (κ1) is 13.1. The third-order valence-corrected chi connectivity index (χ3v) is 3.25. The van der Waals surface area contributed by atoms with Gasteiger partial charge in [-0.3, -0.25) is 9.78 Å². The zero-order valence-electron chi connectivity index (χ0n) is 11.4. The van der Waals surface area contributed by atoms with E-state index in [0.717, 1.165) is 16.5 Å². The molecule has 3 rings (SSSR count). The van der Waals surface area contributed by atoms with Crippen molar-refractivity contribution in [2.24, 2.45) is 0 Å². The van der Waals surface area contributed by atoms with Crippen LogP contribution in [0.3, 0.4) is 0 Å². The van der Waals surface area contributed by atoms with Crippen LogP contribution < -0.4 is 11.1 Å². The predicted molar refractivity (Wildman–Crippen MR) is 83.8 cm³/mol. The average Bonchev–Trinajstić information content (AvgIpc) is 2.52. The van der Waals surface area contributed by atoms with E-state index in [0.29, 0.717) is 17.8 Å². The zero-order chi connectivity index (χ0) is 14.7. The number of carbonyl (C=O) groups is 1. The molecule has 4 nitrogen and oxygen atoms in total. The van der Waals surface area contributed by atoms with Crippen LogP contribution in [-0.2, 0) is 6.54 Å². The molecule has 0 radical (unpaired) electrons. The van der Waals surface area contributed by atoms with Gasteiger partial charge >= 0.3 is 0 Å². The van der Waals surface area contributed by atoms with Crippen molar-refractivity contribution < 1.29 is 4.79 Å². The summed E-state index contributed by atoms with van der Waals surface area (Å²) < 4.78 is 0. The molecular weight excluding hydrogens is 262 g/mol. The monoisotopic (exact) mass is 277 g/mol. The number of hydrogen-bond acceptors (Lipinski definition) is 3. The molecule has 2 aromatic carbocycles. The highest BCUT2D eigenvalue weighted by Crippen LogP contribution is 2.13. The van der Waals surface area contributed by atoms with Gasteiger partial charge in [-0.1, -0.05) is 24.3 Å². The molecule has 4 heteroatoms. The van der Waals surface area contributed by atoms with Gasteiger partial charge in [0.25, 0.3) is 5.91 Å². The summed E-state index contributed by atoms with van der Waals surface area (Å²) in [6, 6.07) is 16.8. The van der Waals surface area contributed by atoms with Crippen LogP contribution in [-0.4, -0.2) is 10.9 Å². The molecule has 21 heavy (non-hydrogen) atoms. The third kappa shape index (κ3) is 3.00. The van der Waals surface area contributed by atoms with Gasteiger partial charge in [0.15, 0.2) is 0 Å². The number of amides is 1. The van der Waals surface area contributed by atoms with Gasteiger partial charge in [-0.15, -0.1) is 0 Å². The Hall–Kier alpha value is -2.88. The van der Waals surface area contributed by atoms with Gasteiger partial charge in [-0.05, 0) is 35.9 Å². The van der Waals surface area contributed by atoms with E-state index in [4.69, 9.17) is 5.73 Å². The van der Waals surface area contributed by atoms with Gasteiger partial charge in [0, 0.05) is 29.4 Å². The Morgan fingerprint density at radius 1 is 1.10 bits per heavy atom. The second-order valence-electron chi connectivity index (χ2n) is 4.84. The van der Waals surface area contributed by atoms with Gasteiger partial charge in [-0.25, -0.2) is 0 Å². The molecule has 0 saturated carbocycles. The van der Waals surface area contributed by atoms with E-state index in [1.807, 2.05) is 30.3 Å². The maximum absolute atomic E-state index is 12.0. The number of aromatic nitrogens is 1. The first-order valence-electron chi connectivity index (χ1n) is 6.70. The molecule has 3 aromatic rings. The van der Waals surface area contributed by atoms with Crippen molar-refractivity contribution in [1.82, 2.24) is 10.3 Å². The Labute approximate surface area is 122 Å². The average molecular weight is 277 g/mol. The van der Waals surface area contributed by atoms with E-state index in [-0.39, 0.29) is 5.91 Å². The third-order valence-electron chi connectivity index (χ3n) is 3.25. The first-order valence-corrected chi connectivity index (χ1v) is 6.70. The Kier molecular flexibility index (Phi) is 3.51. The first-order chi connectivity index (χ1) is 10.2. The van der Waals surface area contributed by atoms with Gasteiger partial charge in [0.1, 0.15) is 0 Å². The van der Waals surface area contributed by atoms with Gasteiger partial charge < -0.3 is 11.1 Å². The Morgan fingerprint density at radius 2 is 1.95 bits per heavy atom. The topological polar surface area (TPSA) is 68.0 Å². The number of fused-ring (bicyclic) bond motifs is 1. The van der Waals surface area contributed by atoms with E-state index in [9.17, 15) is 4.79 Å². The number of rotatable bonds is 3. The SMILES string of the molecule is Nc1cccc(C(=O)NCc2cnc3ccccc3c2)c1. The lowest BCUT2D eigenvalue weighted by Crippen LogP contribution is -2.22. The summed E-state index contributed by atoms with van der Waals surface area (Å²) in [4.78, 5) is 16.4. The van der Waals surface area contributed by atoms with Crippen molar-refractivity contribution in [2.45, 2.75) is 6.54 Å². The fourth-order valence-electron chi connectivity index (χ4n) is 2.18. The molecule has 0 aliphatic heterocycles. The second kappa shape index (κ2) is 5.63. The van der Waals surface area contributed by atoms with Crippen LogP contribution in [0.1, 0.15) is 15.9 Å². The van der Waals surface area contributed by atoms with Crippen LogP contribution in [0.4, 0.5) is 5.69 Å². The van der Waals surface area contributed by atoms with Crippen molar-refractivity contribution in [3.8, 4) is 0 Å². The van der Waals surface area contributed by atoms with Crippen molar-refractivity contribution in [2.75, 3.05) is 5.73 Å². The zero-order valence-corrected chi connectivity index (χ0v) is 11.4. The summed E-state index contributed by atoms with van der Waals surface area (Å²) in [6.07, 6.45) is 1.78. The Balaban J connectivity index is 1.72. The maximum Gasteiger partial charge on any atom is 0.251 e. The standard InChI is InChI=1S/C17H15N3O/c18-15-6-3-5-14(9-15)17(21)20-11-12-8-13-4-1-2-7-16(13)19-10-12/h1-10H,11,18H2,(H,20,21). The highest BCUT2D eigenvalue weighted by molar-refractivity contribution is 5.95. The molecule has 1 amide bonds. The number of pyridine rings is 1. The highest BCUT2D eigenvalue weighted by atomic mass is 16.1. The number of nitrogens with one attached hydrogen (secondary N) is 1. The molecule has 0 aliphatic rings. The smallest absolute Gasteiger partial charge is 0.251 e. The number of nitrogen functional groups attached to an aromatic ring is 1. The van der Waals surface area contributed by atoms with E-state index < -0.39 is 0 Å². The van der Waals surface area contributed by atoms with Gasteiger partial charge in [-0.2, -0.15) is 0 Å². The number of hydrogen-bond donors (Lipinski definition) is 2. The van der Waals surface area contributed by atoms with Crippen LogP contribution in [0.25, 0.3) is 10.9 Å². The number of nitrogens with zero attached hydrogens (tertiary/aromatic N) is 1. The van der Waals surface area contributed by atoms with Gasteiger partial charge in [0.2, 0.25) is 0 Å². The lowest BCUT2D eigenvalue weighted by molar-refractivity contribution is 0.0951. The summed E-state index contributed by atoms with van der Waals surface area (Å²) in [5.74, 6) is -0.143. The molecule has 1 heterocycles. The van der Waals surface area contributed by atoms with E-state index in [1.165, 1.54) is 0 Å².